The molecule has 0 bridgehead atoms. The van der Waals surface area contributed by atoms with Gasteiger partial charge in [0.1, 0.15) is 6.54 Å². The smallest absolute Gasteiger partial charge is 0.400 e. The number of rotatable bonds is 4. The summed E-state index contributed by atoms with van der Waals surface area (Å²) in [6, 6.07) is 0. The molecule has 0 unspecified atom stereocenters. The molecule has 1 amide bonds. The molecule has 0 heterocycles. The third kappa shape index (κ3) is 3.02. The van der Waals surface area contributed by atoms with E-state index in [9.17, 15) is 27.2 Å². The summed E-state index contributed by atoms with van der Waals surface area (Å²) in [7, 11) is 0. The number of hydrogen-bond acceptors (Lipinski definition) is 2. The maximum absolute atomic E-state index is 12.3. The third-order valence-corrected chi connectivity index (χ3v) is 1.28. The molecule has 0 saturated carbocycles. The van der Waals surface area contributed by atoms with Crippen LogP contribution in [0.2, 0.25) is 0 Å². The molecule has 0 aromatic carbocycles. The van der Waals surface area contributed by atoms with E-state index in [0.29, 0.717) is 0 Å². The SMILES string of the molecule is O=C(O)CNC(=O)C(F)(F)C(F)(F)Cl. The second kappa shape index (κ2) is 3.99. The van der Waals surface area contributed by atoms with Crippen LogP contribution in [0.15, 0.2) is 0 Å². The highest BCUT2D eigenvalue weighted by atomic mass is 35.5. The van der Waals surface area contributed by atoms with Crippen LogP contribution in [0.4, 0.5) is 17.6 Å². The number of carboxylic acid groups (broad SMARTS) is 1. The lowest BCUT2D eigenvalue weighted by molar-refractivity contribution is -0.181. The zero-order valence-corrected chi connectivity index (χ0v) is 7.12. The zero-order valence-electron chi connectivity index (χ0n) is 6.36. The van der Waals surface area contributed by atoms with Gasteiger partial charge < -0.3 is 10.4 Å². The number of halogens is 5. The number of carbonyl (C=O) groups is 2. The van der Waals surface area contributed by atoms with Crippen molar-refractivity contribution in [2.75, 3.05) is 6.54 Å². The average Bonchev–Trinajstić information content (AvgIpc) is 1.97. The van der Waals surface area contributed by atoms with Crippen LogP contribution in [0, 0.1) is 0 Å². The first-order chi connectivity index (χ1) is 6.09. The minimum Gasteiger partial charge on any atom is -0.480 e. The first-order valence-corrected chi connectivity index (χ1v) is 3.41. The molecule has 0 radical (unpaired) electrons. The Hall–Kier alpha value is -1.05. The van der Waals surface area contributed by atoms with Crippen molar-refractivity contribution in [3.63, 3.8) is 0 Å². The van der Waals surface area contributed by atoms with Gasteiger partial charge in [0.2, 0.25) is 0 Å². The lowest BCUT2D eigenvalue weighted by Crippen LogP contribution is -2.50. The van der Waals surface area contributed by atoms with Crippen molar-refractivity contribution in [3.05, 3.63) is 0 Å². The summed E-state index contributed by atoms with van der Waals surface area (Å²) in [5, 5.41) is 3.97. The normalized spacial score (nSPS) is 12.4. The summed E-state index contributed by atoms with van der Waals surface area (Å²) in [5.41, 5.74) is 0. The molecule has 2 N–H and O–H groups in total. The molecule has 0 aromatic heterocycles. The fourth-order valence-corrected chi connectivity index (χ4v) is 0.481. The average molecular weight is 238 g/mol. The van der Waals surface area contributed by atoms with Crippen molar-refractivity contribution in [1.82, 2.24) is 5.32 Å². The number of carbonyl (C=O) groups excluding carboxylic acids is 1. The number of amides is 1. The molecular weight excluding hydrogens is 234 g/mol. The molecule has 14 heavy (non-hydrogen) atoms. The van der Waals surface area contributed by atoms with Gasteiger partial charge in [-0.2, -0.15) is 17.6 Å². The Morgan fingerprint density at radius 1 is 1.29 bits per heavy atom. The molecule has 0 aliphatic heterocycles. The molecule has 0 rings (SSSR count). The van der Waals surface area contributed by atoms with E-state index < -0.39 is 29.7 Å². The molecule has 0 aliphatic carbocycles. The van der Waals surface area contributed by atoms with Gasteiger partial charge in [0.25, 0.3) is 5.91 Å². The Labute approximate surface area is 79.8 Å². The molecular formula is C5H4ClF4NO3. The fourth-order valence-electron chi connectivity index (χ4n) is 0.396. The third-order valence-electron chi connectivity index (χ3n) is 1.04. The minimum atomic E-state index is -5.15. The lowest BCUT2D eigenvalue weighted by atomic mass is 10.3. The molecule has 0 spiro atoms. The van der Waals surface area contributed by atoms with Crippen LogP contribution >= 0.6 is 11.6 Å². The van der Waals surface area contributed by atoms with Gasteiger partial charge >= 0.3 is 17.3 Å². The van der Waals surface area contributed by atoms with Crippen molar-refractivity contribution < 1.29 is 32.3 Å². The predicted octanol–water partition coefficient (Wildman–Crippen LogP) is 0.654. The summed E-state index contributed by atoms with van der Waals surface area (Å²) in [6.07, 6.45) is 0. The Bertz CT molecular complexity index is 252. The van der Waals surface area contributed by atoms with Gasteiger partial charge in [-0.3, -0.25) is 9.59 Å². The Morgan fingerprint density at radius 2 is 1.71 bits per heavy atom. The molecule has 0 aromatic rings. The highest BCUT2D eigenvalue weighted by Crippen LogP contribution is 2.37. The Kier molecular flexibility index (Phi) is 3.69. The van der Waals surface area contributed by atoms with Crippen LogP contribution in [0.5, 0.6) is 0 Å². The summed E-state index contributed by atoms with van der Waals surface area (Å²) >= 11 is 3.94. The molecule has 0 aliphatic rings. The highest BCUT2D eigenvalue weighted by molar-refractivity contribution is 6.24. The standard InChI is InChI=1S/C5H4ClF4NO3/c6-5(9,10)4(7,8)3(14)11-1-2(12)13/h1H2,(H,11,14)(H,12,13). The number of nitrogens with one attached hydrogen (secondary N) is 1. The second-order valence-electron chi connectivity index (χ2n) is 2.15. The molecule has 0 atom stereocenters. The zero-order chi connectivity index (χ0) is 11.6. The number of hydrogen-bond donors (Lipinski definition) is 2. The molecule has 0 fully saturated rings. The van der Waals surface area contributed by atoms with E-state index in [0.717, 1.165) is 5.32 Å². The van der Waals surface area contributed by atoms with Crippen LogP contribution in [0.25, 0.3) is 0 Å². The van der Waals surface area contributed by atoms with Crippen molar-refractivity contribution in [2.45, 2.75) is 11.3 Å². The quantitative estimate of drug-likeness (QED) is 0.557. The van der Waals surface area contributed by atoms with Crippen LogP contribution in [0.3, 0.4) is 0 Å². The summed E-state index contributed by atoms with van der Waals surface area (Å²) in [4.78, 5) is 20.1. The molecule has 4 nitrogen and oxygen atoms in total. The van der Waals surface area contributed by atoms with E-state index in [1.54, 1.807) is 0 Å². The van der Waals surface area contributed by atoms with Gasteiger partial charge in [0.15, 0.2) is 0 Å². The predicted molar refractivity (Wildman–Crippen MR) is 36.4 cm³/mol. The van der Waals surface area contributed by atoms with Gasteiger partial charge in [-0.05, 0) is 11.6 Å². The van der Waals surface area contributed by atoms with Gasteiger partial charge in [0.05, 0.1) is 0 Å². The molecule has 0 saturated heterocycles. The minimum absolute atomic E-state index is 1.08. The summed E-state index contributed by atoms with van der Waals surface area (Å²) < 4.78 is 48.3. The first kappa shape index (κ1) is 12.9. The van der Waals surface area contributed by atoms with Crippen LogP contribution in [0.1, 0.15) is 0 Å². The topological polar surface area (TPSA) is 66.4 Å². The number of aliphatic carboxylic acids is 1. The summed E-state index contributed by atoms with van der Waals surface area (Å²) in [5.74, 6) is -9.24. The summed E-state index contributed by atoms with van der Waals surface area (Å²) in [6.45, 7) is -1.19. The Morgan fingerprint density at radius 3 is 2.00 bits per heavy atom. The van der Waals surface area contributed by atoms with Crippen molar-refractivity contribution in [3.8, 4) is 0 Å². The van der Waals surface area contributed by atoms with E-state index >= 15 is 0 Å². The van der Waals surface area contributed by atoms with E-state index in [-0.39, 0.29) is 0 Å². The Balaban J connectivity index is 4.45. The van der Waals surface area contributed by atoms with Crippen LogP contribution in [-0.2, 0) is 9.59 Å². The van der Waals surface area contributed by atoms with Gasteiger partial charge in [0, 0.05) is 0 Å². The lowest BCUT2D eigenvalue weighted by Gasteiger charge is -2.19. The molecule has 82 valence electrons. The maximum atomic E-state index is 12.3. The van der Waals surface area contributed by atoms with Crippen molar-refractivity contribution in [1.29, 1.82) is 0 Å². The van der Waals surface area contributed by atoms with Crippen LogP contribution < -0.4 is 5.32 Å². The van der Waals surface area contributed by atoms with E-state index in [4.69, 9.17) is 5.11 Å². The monoisotopic (exact) mass is 237 g/mol. The first-order valence-electron chi connectivity index (χ1n) is 3.03. The van der Waals surface area contributed by atoms with Gasteiger partial charge in [-0.15, -0.1) is 0 Å². The number of carboxylic acids is 1. The highest BCUT2D eigenvalue weighted by Gasteiger charge is 2.61. The second-order valence-corrected chi connectivity index (χ2v) is 2.62. The van der Waals surface area contributed by atoms with Crippen LogP contribution in [-0.4, -0.2) is 34.8 Å². The van der Waals surface area contributed by atoms with E-state index in [1.807, 2.05) is 0 Å². The van der Waals surface area contributed by atoms with Gasteiger partial charge in [-0.1, -0.05) is 0 Å². The maximum Gasteiger partial charge on any atom is 0.400 e. The fraction of sp³-hybridized carbons (Fsp3) is 0.600. The largest absolute Gasteiger partial charge is 0.480 e. The molecule has 9 heteroatoms. The van der Waals surface area contributed by atoms with Crippen molar-refractivity contribution >= 4 is 23.5 Å². The van der Waals surface area contributed by atoms with Gasteiger partial charge in [-0.25, -0.2) is 0 Å². The number of alkyl halides is 5. The van der Waals surface area contributed by atoms with Crippen molar-refractivity contribution in [2.24, 2.45) is 0 Å². The van der Waals surface area contributed by atoms with E-state index in [2.05, 4.69) is 11.6 Å². The van der Waals surface area contributed by atoms with E-state index in [1.165, 1.54) is 0 Å².